The van der Waals surface area contributed by atoms with E-state index < -0.39 is 21.9 Å². The van der Waals surface area contributed by atoms with E-state index in [-0.39, 0.29) is 23.4 Å². The van der Waals surface area contributed by atoms with Gasteiger partial charge in [0.05, 0.1) is 10.8 Å². The molecule has 1 aromatic rings. The molecule has 148 valence electrons. The van der Waals surface area contributed by atoms with Crippen molar-refractivity contribution in [1.82, 2.24) is 9.21 Å². The lowest BCUT2D eigenvalue weighted by Crippen LogP contribution is -2.38. The van der Waals surface area contributed by atoms with E-state index in [9.17, 15) is 18.0 Å². The van der Waals surface area contributed by atoms with Crippen molar-refractivity contribution >= 4 is 21.9 Å². The Kier molecular flexibility index (Phi) is 5.86. The molecule has 1 N–H and O–H groups in total. The van der Waals surface area contributed by atoms with Gasteiger partial charge in [0.25, 0.3) is 5.91 Å². The van der Waals surface area contributed by atoms with Gasteiger partial charge in [0.15, 0.2) is 0 Å². The molecule has 1 aliphatic carbocycles. The number of sulfonamides is 1. The summed E-state index contributed by atoms with van der Waals surface area (Å²) in [4.78, 5) is 25.7. The van der Waals surface area contributed by atoms with E-state index in [1.807, 2.05) is 0 Å². The highest BCUT2D eigenvalue weighted by molar-refractivity contribution is 7.89. The van der Waals surface area contributed by atoms with Crippen LogP contribution in [0.25, 0.3) is 0 Å². The van der Waals surface area contributed by atoms with Crippen molar-refractivity contribution in [2.75, 3.05) is 19.6 Å². The molecule has 7 nitrogen and oxygen atoms in total. The fourth-order valence-corrected chi connectivity index (χ4v) is 4.86. The van der Waals surface area contributed by atoms with Crippen molar-refractivity contribution in [2.24, 2.45) is 5.92 Å². The number of nitrogens with zero attached hydrogens (tertiary/aromatic N) is 2. The fourth-order valence-electron chi connectivity index (χ4n) is 3.35. The number of carbonyl (C=O) groups is 2. The van der Waals surface area contributed by atoms with Crippen LogP contribution < -0.4 is 0 Å². The Hall–Kier alpha value is -1.93. The summed E-state index contributed by atoms with van der Waals surface area (Å²) in [7, 11) is -3.53. The van der Waals surface area contributed by atoms with Crippen molar-refractivity contribution in [3.05, 3.63) is 29.8 Å². The van der Waals surface area contributed by atoms with Crippen LogP contribution in [0.5, 0.6) is 0 Å². The maximum absolute atomic E-state index is 12.8. The van der Waals surface area contributed by atoms with Crippen LogP contribution in [0.1, 0.15) is 49.4 Å². The molecule has 1 heterocycles. The Labute approximate surface area is 160 Å². The predicted octanol–water partition coefficient (Wildman–Crippen LogP) is 2.19. The number of carbonyl (C=O) groups excluding carboxylic acids is 1. The van der Waals surface area contributed by atoms with Gasteiger partial charge in [-0.2, -0.15) is 4.31 Å². The number of hydrogen-bond donors (Lipinski definition) is 1. The molecule has 0 radical (unpaired) electrons. The molecule has 8 heteroatoms. The van der Waals surface area contributed by atoms with Crippen LogP contribution in [-0.4, -0.2) is 60.3 Å². The van der Waals surface area contributed by atoms with Crippen molar-refractivity contribution in [3.63, 3.8) is 0 Å². The third kappa shape index (κ3) is 4.50. The molecule has 2 aliphatic rings. The zero-order chi connectivity index (χ0) is 19.6. The van der Waals surface area contributed by atoms with Gasteiger partial charge in [-0.1, -0.05) is 13.3 Å². The second kappa shape index (κ2) is 7.98. The maximum atomic E-state index is 12.8. The average molecular weight is 394 g/mol. The first-order valence-electron chi connectivity index (χ1n) is 9.44. The second-order valence-corrected chi connectivity index (χ2v) is 9.36. The highest BCUT2D eigenvalue weighted by Gasteiger charge is 2.35. The molecule has 27 heavy (non-hydrogen) atoms. The summed E-state index contributed by atoms with van der Waals surface area (Å²) in [5.41, 5.74) is 0.386. The maximum Gasteiger partial charge on any atom is 0.308 e. The van der Waals surface area contributed by atoms with Crippen LogP contribution in [0.15, 0.2) is 29.2 Å². The highest BCUT2D eigenvalue weighted by Crippen LogP contribution is 2.29. The number of rotatable bonds is 7. The van der Waals surface area contributed by atoms with Crippen LogP contribution in [-0.2, 0) is 14.8 Å². The smallest absolute Gasteiger partial charge is 0.308 e. The van der Waals surface area contributed by atoms with E-state index in [4.69, 9.17) is 5.11 Å². The Bertz CT molecular complexity index is 796. The number of carboxylic acid groups (broad SMARTS) is 1. The topological polar surface area (TPSA) is 95.0 Å². The Balaban J connectivity index is 1.75. The van der Waals surface area contributed by atoms with Gasteiger partial charge >= 0.3 is 5.97 Å². The van der Waals surface area contributed by atoms with Gasteiger partial charge in [-0.3, -0.25) is 9.59 Å². The highest BCUT2D eigenvalue weighted by atomic mass is 32.2. The number of carboxylic acids is 1. The SMILES string of the molecule is CC(CN(C(=O)c1ccc(S(=O)(=O)N2CCCCC2)cc1)C1CC1)C(=O)O. The van der Waals surface area contributed by atoms with Gasteiger partial charge in [0.1, 0.15) is 0 Å². The first-order chi connectivity index (χ1) is 12.8. The van der Waals surface area contributed by atoms with Crippen molar-refractivity contribution in [3.8, 4) is 0 Å². The van der Waals surface area contributed by atoms with Crippen LogP contribution >= 0.6 is 0 Å². The summed E-state index contributed by atoms with van der Waals surface area (Å²) < 4.78 is 26.9. The molecule has 0 spiro atoms. The zero-order valence-electron chi connectivity index (χ0n) is 15.5. The molecule has 2 fully saturated rings. The van der Waals surface area contributed by atoms with Crippen LogP contribution in [0.2, 0.25) is 0 Å². The molecule has 1 amide bonds. The summed E-state index contributed by atoms with van der Waals surface area (Å²) in [6.07, 6.45) is 4.53. The Morgan fingerprint density at radius 3 is 2.26 bits per heavy atom. The lowest BCUT2D eigenvalue weighted by atomic mass is 10.1. The molecule has 0 bridgehead atoms. The lowest BCUT2D eigenvalue weighted by molar-refractivity contribution is -0.141. The molecule has 1 aromatic carbocycles. The summed E-state index contributed by atoms with van der Waals surface area (Å²) in [5.74, 6) is -1.82. The van der Waals surface area contributed by atoms with Gasteiger partial charge in [-0.25, -0.2) is 8.42 Å². The third-order valence-corrected chi connectivity index (χ3v) is 7.11. The molecule has 1 aliphatic heterocycles. The predicted molar refractivity (Wildman–Crippen MR) is 99.9 cm³/mol. The first kappa shape index (κ1) is 19.8. The van der Waals surface area contributed by atoms with E-state index in [0.717, 1.165) is 32.1 Å². The standard InChI is InChI=1S/C19H26N2O5S/c1-14(19(23)24)13-21(16-7-8-16)18(22)15-5-9-17(10-6-15)27(25,26)20-11-3-2-4-12-20/h5-6,9-10,14,16H,2-4,7-8,11-13H2,1H3,(H,23,24). The van der Waals surface area contributed by atoms with E-state index in [2.05, 4.69) is 0 Å². The van der Waals surface area contributed by atoms with E-state index in [0.29, 0.717) is 18.7 Å². The van der Waals surface area contributed by atoms with Crippen LogP contribution in [0.3, 0.4) is 0 Å². The van der Waals surface area contributed by atoms with E-state index in [1.54, 1.807) is 11.8 Å². The van der Waals surface area contributed by atoms with Gasteiger partial charge in [-0.05, 0) is 49.9 Å². The molecular formula is C19H26N2O5S. The molecule has 0 aromatic heterocycles. The van der Waals surface area contributed by atoms with Crippen molar-refractivity contribution in [2.45, 2.75) is 50.0 Å². The summed E-state index contributed by atoms with van der Waals surface area (Å²) in [5, 5.41) is 9.13. The molecule has 1 saturated carbocycles. The molecular weight excluding hydrogens is 368 g/mol. The van der Waals surface area contributed by atoms with E-state index in [1.165, 1.54) is 28.6 Å². The largest absolute Gasteiger partial charge is 0.481 e. The summed E-state index contributed by atoms with van der Waals surface area (Å²) in [6, 6.07) is 6.09. The van der Waals surface area contributed by atoms with Crippen molar-refractivity contribution < 1.29 is 23.1 Å². The fraction of sp³-hybridized carbons (Fsp3) is 0.579. The monoisotopic (exact) mass is 394 g/mol. The number of benzene rings is 1. The number of piperidine rings is 1. The minimum atomic E-state index is -3.53. The Morgan fingerprint density at radius 1 is 1.15 bits per heavy atom. The van der Waals surface area contributed by atoms with E-state index >= 15 is 0 Å². The zero-order valence-corrected chi connectivity index (χ0v) is 16.3. The number of aliphatic carboxylic acids is 1. The third-order valence-electron chi connectivity index (χ3n) is 5.19. The average Bonchev–Trinajstić information content (AvgIpc) is 3.51. The van der Waals surface area contributed by atoms with Gasteiger partial charge in [0.2, 0.25) is 10.0 Å². The summed E-state index contributed by atoms with van der Waals surface area (Å²) in [6.45, 7) is 2.81. The van der Waals surface area contributed by atoms with Gasteiger partial charge < -0.3 is 10.0 Å². The lowest BCUT2D eigenvalue weighted by Gasteiger charge is -2.26. The quantitative estimate of drug-likeness (QED) is 0.765. The minimum absolute atomic E-state index is 0.0797. The van der Waals surface area contributed by atoms with Crippen molar-refractivity contribution in [1.29, 1.82) is 0 Å². The van der Waals surface area contributed by atoms with Crippen LogP contribution in [0.4, 0.5) is 0 Å². The normalized spacial score (nSPS) is 19.4. The number of amides is 1. The molecule has 3 rings (SSSR count). The molecule has 1 atom stereocenters. The number of hydrogen-bond acceptors (Lipinski definition) is 4. The van der Waals surface area contributed by atoms with Crippen LogP contribution in [0, 0.1) is 5.92 Å². The summed E-state index contributed by atoms with van der Waals surface area (Å²) >= 11 is 0. The van der Waals surface area contributed by atoms with Gasteiger partial charge in [0, 0.05) is 31.2 Å². The Morgan fingerprint density at radius 2 is 1.74 bits per heavy atom. The second-order valence-electron chi connectivity index (χ2n) is 7.42. The van der Waals surface area contributed by atoms with Gasteiger partial charge in [-0.15, -0.1) is 0 Å². The molecule has 1 saturated heterocycles. The molecule has 1 unspecified atom stereocenters. The minimum Gasteiger partial charge on any atom is -0.481 e. The first-order valence-corrected chi connectivity index (χ1v) is 10.9.